The summed E-state index contributed by atoms with van der Waals surface area (Å²) in [5.41, 5.74) is 6.31. The molecule has 1 aliphatic carbocycles. The van der Waals surface area contributed by atoms with E-state index in [4.69, 9.17) is 15.2 Å². The van der Waals surface area contributed by atoms with Crippen LogP contribution in [0, 0.1) is 5.92 Å². The number of methoxy groups -OCH3 is 2. The SMILES string of the molecule is COC1CN(C2(CN)CCC(C)CC2)CC1OC. The first-order chi connectivity index (χ1) is 8.65. The molecule has 1 aliphatic heterocycles. The lowest BCUT2D eigenvalue weighted by Gasteiger charge is -2.45. The maximum Gasteiger partial charge on any atom is 0.0972 e. The second-order valence-corrected chi connectivity index (χ2v) is 6.06. The van der Waals surface area contributed by atoms with Crippen molar-refractivity contribution in [3.63, 3.8) is 0 Å². The van der Waals surface area contributed by atoms with Gasteiger partial charge in [0.05, 0.1) is 12.2 Å². The summed E-state index contributed by atoms with van der Waals surface area (Å²) in [4.78, 5) is 2.53. The molecule has 4 nitrogen and oxygen atoms in total. The van der Waals surface area contributed by atoms with Crippen molar-refractivity contribution in [1.29, 1.82) is 0 Å². The van der Waals surface area contributed by atoms with E-state index in [0.717, 1.165) is 25.6 Å². The van der Waals surface area contributed by atoms with Crippen LogP contribution in [0.2, 0.25) is 0 Å². The minimum Gasteiger partial charge on any atom is -0.377 e. The van der Waals surface area contributed by atoms with Gasteiger partial charge in [-0.15, -0.1) is 0 Å². The Morgan fingerprint density at radius 1 is 1.11 bits per heavy atom. The summed E-state index contributed by atoms with van der Waals surface area (Å²) < 4.78 is 11.1. The highest BCUT2D eigenvalue weighted by molar-refractivity contribution is 5.01. The lowest BCUT2D eigenvalue weighted by molar-refractivity contribution is -0.00461. The Labute approximate surface area is 111 Å². The van der Waals surface area contributed by atoms with Crippen molar-refractivity contribution in [2.24, 2.45) is 11.7 Å². The molecule has 0 amide bonds. The van der Waals surface area contributed by atoms with Crippen molar-refractivity contribution in [2.75, 3.05) is 33.9 Å². The highest BCUT2D eigenvalue weighted by Crippen LogP contribution is 2.38. The van der Waals surface area contributed by atoms with Gasteiger partial charge in [0.15, 0.2) is 0 Å². The van der Waals surface area contributed by atoms with Gasteiger partial charge in [0, 0.05) is 39.4 Å². The quantitative estimate of drug-likeness (QED) is 0.822. The Kier molecular flexibility index (Phi) is 4.64. The lowest BCUT2D eigenvalue weighted by atomic mass is 9.76. The van der Waals surface area contributed by atoms with Crippen LogP contribution in [0.4, 0.5) is 0 Å². The first-order valence-electron chi connectivity index (χ1n) is 7.16. The Bertz CT molecular complexity index is 253. The van der Waals surface area contributed by atoms with Crippen LogP contribution in [-0.4, -0.2) is 56.5 Å². The van der Waals surface area contributed by atoms with Crippen LogP contribution in [0.3, 0.4) is 0 Å². The third-order valence-electron chi connectivity index (χ3n) is 5.08. The normalized spacial score (nSPS) is 42.3. The van der Waals surface area contributed by atoms with Crippen molar-refractivity contribution < 1.29 is 9.47 Å². The van der Waals surface area contributed by atoms with Gasteiger partial charge in [-0.05, 0) is 31.6 Å². The van der Waals surface area contributed by atoms with E-state index in [1.807, 2.05) is 0 Å². The molecule has 2 aliphatic rings. The smallest absolute Gasteiger partial charge is 0.0972 e. The first kappa shape index (κ1) is 14.3. The maximum absolute atomic E-state index is 6.11. The molecule has 0 aromatic rings. The summed E-state index contributed by atoms with van der Waals surface area (Å²) in [5, 5.41) is 0. The van der Waals surface area contributed by atoms with Crippen LogP contribution in [0.15, 0.2) is 0 Å². The Balaban J connectivity index is 2.05. The summed E-state index contributed by atoms with van der Waals surface area (Å²) in [6.07, 6.45) is 5.41. The zero-order valence-corrected chi connectivity index (χ0v) is 12.0. The van der Waals surface area contributed by atoms with E-state index in [0.29, 0.717) is 0 Å². The number of nitrogens with zero attached hydrogens (tertiary/aromatic N) is 1. The fourth-order valence-electron chi connectivity index (χ4n) is 3.53. The fourth-order valence-corrected chi connectivity index (χ4v) is 3.53. The van der Waals surface area contributed by atoms with Crippen molar-refractivity contribution in [3.8, 4) is 0 Å². The summed E-state index contributed by atoms with van der Waals surface area (Å²) in [6.45, 7) is 5.02. The Hall–Kier alpha value is -0.160. The molecule has 2 rings (SSSR count). The van der Waals surface area contributed by atoms with Crippen molar-refractivity contribution >= 4 is 0 Å². The van der Waals surface area contributed by atoms with Crippen molar-refractivity contribution in [3.05, 3.63) is 0 Å². The molecular formula is C14H28N2O2. The molecule has 2 atom stereocenters. The number of hydrogen-bond donors (Lipinski definition) is 1. The maximum atomic E-state index is 6.11. The van der Waals surface area contributed by atoms with Crippen LogP contribution in [0.5, 0.6) is 0 Å². The molecule has 2 unspecified atom stereocenters. The third-order valence-corrected chi connectivity index (χ3v) is 5.08. The van der Waals surface area contributed by atoms with E-state index >= 15 is 0 Å². The fraction of sp³-hybridized carbons (Fsp3) is 1.00. The van der Waals surface area contributed by atoms with Gasteiger partial charge in [0.25, 0.3) is 0 Å². The van der Waals surface area contributed by atoms with E-state index in [1.54, 1.807) is 14.2 Å². The van der Waals surface area contributed by atoms with Gasteiger partial charge in [-0.1, -0.05) is 6.92 Å². The molecule has 1 saturated carbocycles. The van der Waals surface area contributed by atoms with E-state index in [-0.39, 0.29) is 17.7 Å². The minimum absolute atomic E-state index is 0.191. The molecule has 1 saturated heterocycles. The summed E-state index contributed by atoms with van der Waals surface area (Å²) in [6, 6.07) is 0. The molecule has 1 heterocycles. The molecule has 0 aromatic heterocycles. The molecule has 0 bridgehead atoms. The second-order valence-electron chi connectivity index (χ2n) is 6.06. The van der Waals surface area contributed by atoms with E-state index in [9.17, 15) is 0 Å². The standard InChI is InChI=1S/C14H28N2O2/c1-11-4-6-14(10-15,7-5-11)16-8-12(17-2)13(9-16)18-3/h11-13H,4-10,15H2,1-3H3. The monoisotopic (exact) mass is 256 g/mol. The van der Waals surface area contributed by atoms with Crippen molar-refractivity contribution in [1.82, 2.24) is 4.90 Å². The third kappa shape index (κ3) is 2.57. The molecular weight excluding hydrogens is 228 g/mol. The number of likely N-dealkylation sites (tertiary alicyclic amines) is 1. The van der Waals surface area contributed by atoms with Gasteiger partial charge in [0.1, 0.15) is 0 Å². The van der Waals surface area contributed by atoms with Crippen LogP contribution in [0.1, 0.15) is 32.6 Å². The molecule has 0 radical (unpaired) electrons. The molecule has 4 heteroatoms. The summed E-state index contributed by atoms with van der Waals surface area (Å²) in [5.74, 6) is 0.851. The van der Waals surface area contributed by atoms with Gasteiger partial charge in [0.2, 0.25) is 0 Å². The van der Waals surface area contributed by atoms with Crippen LogP contribution >= 0.6 is 0 Å². The topological polar surface area (TPSA) is 47.7 Å². The summed E-state index contributed by atoms with van der Waals surface area (Å²) in [7, 11) is 3.55. The molecule has 106 valence electrons. The number of ether oxygens (including phenoxy) is 2. The van der Waals surface area contributed by atoms with Gasteiger partial charge < -0.3 is 15.2 Å². The van der Waals surface area contributed by atoms with Crippen LogP contribution < -0.4 is 5.73 Å². The average molecular weight is 256 g/mol. The van der Waals surface area contributed by atoms with Gasteiger partial charge in [-0.2, -0.15) is 0 Å². The molecule has 0 aromatic carbocycles. The number of nitrogens with two attached hydrogens (primary N) is 1. The van der Waals surface area contributed by atoms with Crippen molar-refractivity contribution in [2.45, 2.75) is 50.4 Å². The van der Waals surface area contributed by atoms with Gasteiger partial charge in [-0.3, -0.25) is 4.90 Å². The predicted molar refractivity (Wildman–Crippen MR) is 72.6 cm³/mol. The highest BCUT2D eigenvalue weighted by Gasteiger charge is 2.45. The van der Waals surface area contributed by atoms with E-state index < -0.39 is 0 Å². The molecule has 2 N–H and O–H groups in total. The average Bonchev–Trinajstić information content (AvgIpc) is 2.84. The second kappa shape index (κ2) is 5.87. The molecule has 0 spiro atoms. The van der Waals surface area contributed by atoms with Crippen LogP contribution in [-0.2, 0) is 9.47 Å². The zero-order chi connectivity index (χ0) is 13.2. The van der Waals surface area contributed by atoms with Gasteiger partial charge in [-0.25, -0.2) is 0 Å². The largest absolute Gasteiger partial charge is 0.377 e. The Morgan fingerprint density at radius 3 is 2.00 bits per heavy atom. The van der Waals surface area contributed by atoms with Gasteiger partial charge >= 0.3 is 0 Å². The molecule has 2 fully saturated rings. The van der Waals surface area contributed by atoms with E-state index in [1.165, 1.54) is 25.7 Å². The zero-order valence-electron chi connectivity index (χ0n) is 12.0. The number of hydrogen-bond acceptors (Lipinski definition) is 4. The number of rotatable bonds is 4. The highest BCUT2D eigenvalue weighted by atomic mass is 16.5. The van der Waals surface area contributed by atoms with Crippen LogP contribution in [0.25, 0.3) is 0 Å². The Morgan fingerprint density at radius 2 is 1.61 bits per heavy atom. The minimum atomic E-state index is 0.191. The lowest BCUT2D eigenvalue weighted by Crippen LogP contribution is -2.55. The van der Waals surface area contributed by atoms with E-state index in [2.05, 4.69) is 11.8 Å². The predicted octanol–water partition coefficient (Wildman–Crippen LogP) is 1.24. The molecule has 18 heavy (non-hydrogen) atoms. The summed E-state index contributed by atoms with van der Waals surface area (Å²) >= 11 is 0. The first-order valence-corrected chi connectivity index (χ1v) is 7.16.